The van der Waals surface area contributed by atoms with E-state index < -0.39 is 5.97 Å². The molecule has 0 aliphatic carbocycles. The van der Waals surface area contributed by atoms with Gasteiger partial charge in [0.05, 0.1) is 12.6 Å². The zero-order valence-electron chi connectivity index (χ0n) is 8.59. The Labute approximate surface area is 88.0 Å². The Balaban J connectivity index is 2.64. The van der Waals surface area contributed by atoms with Gasteiger partial charge in [0.15, 0.2) is 0 Å². The number of hydrogen-bond acceptors (Lipinski definition) is 3. The molecule has 1 aliphatic rings. The summed E-state index contributed by atoms with van der Waals surface area (Å²) in [6.07, 6.45) is 2.70. The smallest absolute Gasteiger partial charge is 0.328 e. The van der Waals surface area contributed by atoms with Crippen LogP contribution in [0.5, 0.6) is 0 Å². The molecule has 0 radical (unpaired) electrons. The molecule has 0 aromatic carbocycles. The van der Waals surface area contributed by atoms with Crippen molar-refractivity contribution in [2.75, 3.05) is 13.2 Å². The van der Waals surface area contributed by atoms with E-state index in [4.69, 9.17) is 10.2 Å². The summed E-state index contributed by atoms with van der Waals surface area (Å²) in [6, 6.07) is -0.184. The fraction of sp³-hybridized carbons (Fsp3) is 0.600. The van der Waals surface area contributed by atoms with E-state index in [1.54, 1.807) is 0 Å². The molecular formula is C10H15NO4. The van der Waals surface area contributed by atoms with Crippen LogP contribution in [0.25, 0.3) is 0 Å². The van der Waals surface area contributed by atoms with E-state index in [-0.39, 0.29) is 24.5 Å². The molecule has 2 N–H and O–H groups in total. The number of likely N-dealkylation sites (tertiary alicyclic amines) is 1. The molecule has 0 saturated carbocycles. The van der Waals surface area contributed by atoms with Crippen LogP contribution >= 0.6 is 0 Å². The first-order valence-electron chi connectivity index (χ1n) is 4.88. The van der Waals surface area contributed by atoms with E-state index in [0.29, 0.717) is 6.54 Å². The first-order chi connectivity index (χ1) is 7.06. The zero-order valence-corrected chi connectivity index (χ0v) is 8.59. The number of hydrogen-bond donors (Lipinski definition) is 2. The van der Waals surface area contributed by atoms with Crippen LogP contribution in [0.3, 0.4) is 0 Å². The average Bonchev–Trinajstić information content (AvgIpc) is 2.55. The highest BCUT2D eigenvalue weighted by molar-refractivity contribution is 5.94. The first-order valence-corrected chi connectivity index (χ1v) is 4.88. The fourth-order valence-corrected chi connectivity index (χ4v) is 1.80. The summed E-state index contributed by atoms with van der Waals surface area (Å²) in [4.78, 5) is 23.3. The summed E-state index contributed by atoms with van der Waals surface area (Å²) in [5.74, 6) is -1.23. The maximum absolute atomic E-state index is 11.5. The van der Waals surface area contributed by atoms with Gasteiger partial charge in [0.1, 0.15) is 0 Å². The third kappa shape index (κ3) is 2.79. The van der Waals surface area contributed by atoms with Gasteiger partial charge < -0.3 is 15.1 Å². The molecule has 0 spiro atoms. The average molecular weight is 213 g/mol. The largest absolute Gasteiger partial charge is 0.478 e. The second kappa shape index (κ2) is 4.93. The number of nitrogens with zero attached hydrogens (tertiary/aromatic N) is 1. The molecule has 1 aliphatic heterocycles. The Bertz CT molecular complexity index is 287. The van der Waals surface area contributed by atoms with Crippen LogP contribution in [-0.4, -0.2) is 46.2 Å². The summed E-state index contributed by atoms with van der Waals surface area (Å²) in [7, 11) is 0. The number of aliphatic carboxylic acids is 1. The lowest BCUT2D eigenvalue weighted by molar-refractivity contribution is -0.132. The van der Waals surface area contributed by atoms with Crippen molar-refractivity contribution >= 4 is 11.9 Å². The number of rotatable bonds is 3. The maximum Gasteiger partial charge on any atom is 0.328 e. The van der Waals surface area contributed by atoms with Crippen molar-refractivity contribution in [1.82, 2.24) is 4.90 Å². The van der Waals surface area contributed by atoms with Crippen molar-refractivity contribution in [3.05, 3.63) is 12.2 Å². The van der Waals surface area contributed by atoms with Gasteiger partial charge in [-0.05, 0) is 12.3 Å². The number of carboxylic acid groups (broad SMARTS) is 1. The molecule has 5 heteroatoms. The van der Waals surface area contributed by atoms with Crippen LogP contribution in [-0.2, 0) is 9.59 Å². The Kier molecular flexibility index (Phi) is 3.85. The quantitative estimate of drug-likeness (QED) is 0.639. The van der Waals surface area contributed by atoms with E-state index in [0.717, 1.165) is 18.6 Å². The predicted molar refractivity (Wildman–Crippen MR) is 53.1 cm³/mol. The number of amides is 1. The number of aliphatic hydroxyl groups is 1. The van der Waals surface area contributed by atoms with Gasteiger partial charge in [0.2, 0.25) is 5.91 Å². The van der Waals surface area contributed by atoms with Gasteiger partial charge in [-0.2, -0.15) is 0 Å². The molecule has 2 atom stereocenters. The molecule has 5 nitrogen and oxygen atoms in total. The van der Waals surface area contributed by atoms with E-state index in [1.807, 2.05) is 6.92 Å². The molecular weight excluding hydrogens is 198 g/mol. The molecule has 0 aromatic rings. The molecule has 1 fully saturated rings. The normalized spacial score (nSPS) is 26.1. The SMILES string of the molecule is CC1CCN(C(=O)/C=C/C(=O)O)C1CO. The molecule has 1 heterocycles. The number of carboxylic acids is 1. The second-order valence-electron chi connectivity index (χ2n) is 3.72. The lowest BCUT2D eigenvalue weighted by Crippen LogP contribution is -2.38. The van der Waals surface area contributed by atoms with Crippen LogP contribution in [0.4, 0.5) is 0 Å². The Morgan fingerprint density at radius 1 is 1.47 bits per heavy atom. The monoisotopic (exact) mass is 213 g/mol. The molecule has 0 bridgehead atoms. The molecule has 84 valence electrons. The first kappa shape index (κ1) is 11.7. The fourth-order valence-electron chi connectivity index (χ4n) is 1.80. The van der Waals surface area contributed by atoms with E-state index in [9.17, 15) is 9.59 Å². The summed E-state index contributed by atoms with van der Waals surface area (Å²) in [6.45, 7) is 2.47. The topological polar surface area (TPSA) is 77.8 Å². The highest BCUT2D eigenvalue weighted by Crippen LogP contribution is 2.23. The highest BCUT2D eigenvalue weighted by atomic mass is 16.4. The third-order valence-corrected chi connectivity index (χ3v) is 2.72. The molecule has 1 saturated heterocycles. The van der Waals surface area contributed by atoms with Crippen molar-refractivity contribution in [3.8, 4) is 0 Å². The number of carbonyl (C=O) groups is 2. The molecule has 2 unspecified atom stereocenters. The third-order valence-electron chi connectivity index (χ3n) is 2.72. The summed E-state index contributed by atoms with van der Waals surface area (Å²) < 4.78 is 0. The van der Waals surface area contributed by atoms with E-state index in [2.05, 4.69) is 0 Å². The van der Waals surface area contributed by atoms with Crippen molar-refractivity contribution in [2.24, 2.45) is 5.92 Å². The lowest BCUT2D eigenvalue weighted by atomic mass is 10.0. The van der Waals surface area contributed by atoms with Gasteiger partial charge in [0, 0.05) is 18.7 Å². The molecule has 0 aromatic heterocycles. The second-order valence-corrected chi connectivity index (χ2v) is 3.72. The van der Waals surface area contributed by atoms with Crippen LogP contribution in [0.1, 0.15) is 13.3 Å². The van der Waals surface area contributed by atoms with Crippen LogP contribution in [0, 0.1) is 5.92 Å². The standard InChI is InChI=1S/C10H15NO4/c1-7-4-5-11(8(7)6-12)9(13)2-3-10(14)15/h2-3,7-8,12H,4-6H2,1H3,(H,14,15)/b3-2+. The summed E-state index contributed by atoms with van der Waals surface area (Å²) in [5.41, 5.74) is 0. The van der Waals surface area contributed by atoms with Crippen LogP contribution in [0.15, 0.2) is 12.2 Å². The van der Waals surface area contributed by atoms with E-state index >= 15 is 0 Å². The minimum Gasteiger partial charge on any atom is -0.478 e. The molecule has 1 amide bonds. The van der Waals surface area contributed by atoms with Crippen molar-refractivity contribution in [3.63, 3.8) is 0 Å². The van der Waals surface area contributed by atoms with Crippen LogP contribution in [0.2, 0.25) is 0 Å². The highest BCUT2D eigenvalue weighted by Gasteiger charge is 2.32. The lowest BCUT2D eigenvalue weighted by Gasteiger charge is -2.23. The Hall–Kier alpha value is -1.36. The van der Waals surface area contributed by atoms with Gasteiger partial charge >= 0.3 is 5.97 Å². The van der Waals surface area contributed by atoms with Gasteiger partial charge in [-0.15, -0.1) is 0 Å². The summed E-state index contributed by atoms with van der Waals surface area (Å²) >= 11 is 0. The van der Waals surface area contributed by atoms with Crippen molar-refractivity contribution < 1.29 is 19.8 Å². The number of aliphatic hydroxyl groups excluding tert-OH is 1. The van der Waals surface area contributed by atoms with Gasteiger partial charge in [-0.25, -0.2) is 4.79 Å². The minimum absolute atomic E-state index is 0.0756. The van der Waals surface area contributed by atoms with Gasteiger partial charge in [0.25, 0.3) is 0 Å². The van der Waals surface area contributed by atoms with Gasteiger partial charge in [-0.3, -0.25) is 4.79 Å². The van der Waals surface area contributed by atoms with Crippen molar-refractivity contribution in [1.29, 1.82) is 0 Å². The van der Waals surface area contributed by atoms with Crippen LogP contribution < -0.4 is 0 Å². The minimum atomic E-state index is -1.14. The Morgan fingerprint density at radius 3 is 2.67 bits per heavy atom. The van der Waals surface area contributed by atoms with E-state index in [1.165, 1.54) is 4.90 Å². The number of carbonyl (C=O) groups excluding carboxylic acids is 1. The predicted octanol–water partition coefficient (Wildman–Crippen LogP) is -0.144. The zero-order chi connectivity index (χ0) is 11.4. The Morgan fingerprint density at radius 2 is 2.13 bits per heavy atom. The molecule has 1 rings (SSSR count). The molecule has 15 heavy (non-hydrogen) atoms. The summed E-state index contributed by atoms with van der Waals surface area (Å²) in [5, 5.41) is 17.5. The van der Waals surface area contributed by atoms with Gasteiger partial charge in [-0.1, -0.05) is 6.92 Å². The maximum atomic E-state index is 11.5. The van der Waals surface area contributed by atoms with Crippen molar-refractivity contribution in [2.45, 2.75) is 19.4 Å².